The fourth-order valence-corrected chi connectivity index (χ4v) is 6.37. The lowest BCUT2D eigenvalue weighted by molar-refractivity contribution is -0.142. The maximum atomic E-state index is 13.3. The van der Waals surface area contributed by atoms with Crippen LogP contribution in [-0.2, 0) is 40.1 Å². The van der Waals surface area contributed by atoms with Crippen LogP contribution in [0.5, 0.6) is 0 Å². The predicted molar refractivity (Wildman–Crippen MR) is 221 cm³/mol. The lowest BCUT2D eigenvalue weighted by Gasteiger charge is -2.33. The minimum absolute atomic E-state index is 0.0127. The van der Waals surface area contributed by atoms with Crippen LogP contribution in [-0.4, -0.2) is 210 Å². The van der Waals surface area contributed by atoms with Gasteiger partial charge in [-0.3, -0.25) is 62.9 Å². The summed E-state index contributed by atoms with van der Waals surface area (Å²) in [7, 11) is 0. The molecule has 1 aromatic carbocycles. The second-order valence-electron chi connectivity index (χ2n) is 14.5. The molecule has 1 unspecified atom stereocenters. The minimum atomic E-state index is -1.70. The van der Waals surface area contributed by atoms with Crippen LogP contribution in [0.1, 0.15) is 22.5 Å². The Hall–Kier alpha value is -7.36. The monoisotopic (exact) mass is 899 g/mol. The molecule has 0 spiro atoms. The van der Waals surface area contributed by atoms with Gasteiger partial charge in [0.05, 0.1) is 51.0 Å². The second-order valence-corrected chi connectivity index (χ2v) is 14.5. The van der Waals surface area contributed by atoms with Crippen LogP contribution >= 0.6 is 0 Å². The van der Waals surface area contributed by atoms with Gasteiger partial charge in [0.25, 0.3) is 11.5 Å². The van der Waals surface area contributed by atoms with Crippen LogP contribution < -0.4 is 32.6 Å². The molecule has 4 rings (SSSR count). The predicted octanol–water partition coefficient (Wildman–Crippen LogP) is -4.36. The number of aromatic nitrogens is 4. The molecule has 3 heterocycles. The molecule has 3 amide bonds. The number of fused-ring (bicyclic) bond motifs is 1. The minimum Gasteiger partial charge on any atom is -0.481 e. The number of carboxylic acid groups (broad SMARTS) is 5. The zero-order chi connectivity index (χ0) is 46.9. The first-order chi connectivity index (χ1) is 30.3. The Labute approximate surface area is 362 Å². The molecule has 0 aliphatic carbocycles. The number of benzene rings is 1. The number of H-pyrrole nitrogens is 1. The van der Waals surface area contributed by atoms with Crippen molar-refractivity contribution >= 4 is 70.4 Å². The smallest absolute Gasteiger partial charge is 0.328 e. The molecule has 12 N–H and O–H groups in total. The molecule has 1 aliphatic rings. The van der Waals surface area contributed by atoms with Crippen LogP contribution in [0, 0.1) is 0 Å². The molecule has 346 valence electrons. The van der Waals surface area contributed by atoms with Gasteiger partial charge in [-0.15, -0.1) is 0 Å². The van der Waals surface area contributed by atoms with Crippen molar-refractivity contribution in [3.8, 4) is 0 Å². The average Bonchev–Trinajstić information content (AvgIpc) is 3.21. The number of rotatable bonds is 20. The fraction of sp³-hybridized carbons (Fsp3) is 0.459. The van der Waals surface area contributed by atoms with Crippen LogP contribution in [0.25, 0.3) is 11.2 Å². The number of carboxylic acids is 5. The molecule has 0 bridgehead atoms. The number of hydrogen-bond donors (Lipinski definition) is 11. The van der Waals surface area contributed by atoms with Gasteiger partial charge >= 0.3 is 29.8 Å². The molecule has 3 aromatic rings. The number of nitrogens with two attached hydrogens (primary N) is 1. The van der Waals surface area contributed by atoms with Gasteiger partial charge in [0.2, 0.25) is 17.8 Å². The van der Waals surface area contributed by atoms with E-state index in [1.165, 1.54) is 40.3 Å². The molecule has 0 radical (unpaired) electrons. The number of amides is 3. The number of nitrogen functional groups attached to an aromatic ring is 1. The van der Waals surface area contributed by atoms with Gasteiger partial charge < -0.3 is 52.5 Å². The zero-order valence-electron chi connectivity index (χ0n) is 34.3. The highest BCUT2D eigenvalue weighted by molar-refractivity contribution is 5.97. The molecule has 2 atom stereocenters. The summed E-state index contributed by atoms with van der Waals surface area (Å²) in [6.07, 6.45) is 0.487. The molecule has 1 fully saturated rings. The Morgan fingerprint density at radius 1 is 0.688 bits per heavy atom. The zero-order valence-corrected chi connectivity index (χ0v) is 34.3. The van der Waals surface area contributed by atoms with Crippen LogP contribution in [0.15, 0.2) is 35.3 Å². The topological polar surface area (TPSA) is 396 Å². The fourth-order valence-electron chi connectivity index (χ4n) is 6.37. The normalized spacial score (nSPS) is 15.7. The van der Waals surface area contributed by atoms with E-state index in [4.69, 9.17) is 5.73 Å². The first kappa shape index (κ1) is 49.3. The summed E-state index contributed by atoms with van der Waals surface area (Å²) in [5.41, 5.74) is 5.97. The lowest BCUT2D eigenvalue weighted by Crippen LogP contribution is -2.55. The van der Waals surface area contributed by atoms with Gasteiger partial charge in [0.15, 0.2) is 11.2 Å². The van der Waals surface area contributed by atoms with Gasteiger partial charge in [0, 0.05) is 70.2 Å². The number of nitrogens with zero attached hydrogens (tertiary/aromatic N) is 7. The maximum absolute atomic E-state index is 13.3. The Bertz CT molecular complexity index is 2210. The van der Waals surface area contributed by atoms with E-state index in [9.17, 15) is 68.7 Å². The van der Waals surface area contributed by atoms with Gasteiger partial charge in [-0.1, -0.05) is 0 Å². The van der Waals surface area contributed by atoms with Crippen LogP contribution in [0.4, 0.5) is 11.6 Å². The van der Waals surface area contributed by atoms with E-state index in [1.54, 1.807) is 9.80 Å². The molecular formula is C37H49N13O14. The first-order valence-electron chi connectivity index (χ1n) is 19.6. The number of aromatic amines is 1. The number of hydrogen-bond acceptors (Lipinski definition) is 18. The molecule has 27 nitrogen and oxygen atoms in total. The van der Waals surface area contributed by atoms with Crippen LogP contribution in [0.3, 0.4) is 0 Å². The Morgan fingerprint density at radius 3 is 1.69 bits per heavy atom. The van der Waals surface area contributed by atoms with E-state index in [0.29, 0.717) is 11.4 Å². The van der Waals surface area contributed by atoms with Crippen molar-refractivity contribution in [2.75, 3.05) is 96.1 Å². The Balaban J connectivity index is 1.35. The lowest BCUT2D eigenvalue weighted by atomic mass is 10.1. The number of anilines is 2. The number of nitrogens with one attached hydrogen (secondary N) is 5. The second kappa shape index (κ2) is 23.7. The SMILES string of the molecule is Nc1nc2ncc(CNc3ccc(C(=O)NC(CNC(=O)[C@H](CC(=O)O)NC(=O)CN4CCN(CC(=O)O)CCN(CC(=O)O)CCN(CC(=O)O)CC4)C(=O)O)cc3)nc2c(=O)[nH]1. The number of carbonyl (C=O) groups is 8. The third kappa shape index (κ3) is 16.5. The van der Waals surface area contributed by atoms with Crippen molar-refractivity contribution in [1.82, 2.24) is 55.5 Å². The molecule has 0 saturated carbocycles. The van der Waals surface area contributed by atoms with Crippen molar-refractivity contribution in [1.29, 1.82) is 0 Å². The molecule has 2 aromatic heterocycles. The van der Waals surface area contributed by atoms with E-state index in [0.717, 1.165) is 0 Å². The highest BCUT2D eigenvalue weighted by Crippen LogP contribution is 2.12. The first-order valence-corrected chi connectivity index (χ1v) is 19.6. The van der Waals surface area contributed by atoms with E-state index in [-0.39, 0.29) is 88.1 Å². The summed E-state index contributed by atoms with van der Waals surface area (Å²) in [5.74, 6) is -9.30. The van der Waals surface area contributed by atoms with Gasteiger partial charge in [-0.05, 0) is 24.3 Å². The molecular weight excluding hydrogens is 850 g/mol. The van der Waals surface area contributed by atoms with Crippen molar-refractivity contribution in [2.45, 2.75) is 25.0 Å². The Kier molecular flexibility index (Phi) is 18.3. The highest BCUT2D eigenvalue weighted by Gasteiger charge is 2.28. The van der Waals surface area contributed by atoms with Gasteiger partial charge in [-0.25, -0.2) is 14.8 Å². The van der Waals surface area contributed by atoms with Crippen LogP contribution in [0.2, 0.25) is 0 Å². The van der Waals surface area contributed by atoms with Crippen molar-refractivity contribution in [2.24, 2.45) is 0 Å². The quantitative estimate of drug-likeness (QED) is 0.0510. The summed E-state index contributed by atoms with van der Waals surface area (Å²) in [5, 5.41) is 57.5. The third-order valence-corrected chi connectivity index (χ3v) is 9.59. The molecule has 1 aliphatic heterocycles. The summed E-state index contributed by atoms with van der Waals surface area (Å²) >= 11 is 0. The Morgan fingerprint density at radius 2 is 1.20 bits per heavy atom. The molecule has 64 heavy (non-hydrogen) atoms. The van der Waals surface area contributed by atoms with Gasteiger partial charge in [-0.2, -0.15) is 4.98 Å². The molecule has 27 heteroatoms. The van der Waals surface area contributed by atoms with Crippen molar-refractivity contribution in [3.05, 3.63) is 52.1 Å². The van der Waals surface area contributed by atoms with Crippen molar-refractivity contribution < 1.29 is 63.9 Å². The van der Waals surface area contributed by atoms with E-state index < -0.39 is 97.8 Å². The van der Waals surface area contributed by atoms with Crippen molar-refractivity contribution in [3.63, 3.8) is 0 Å². The third-order valence-electron chi connectivity index (χ3n) is 9.59. The van der Waals surface area contributed by atoms with E-state index >= 15 is 0 Å². The standard InChI is InChI=1S/C37H49N13O14/c38-37-45-32-31(35(62)46-37)42-23(15-40-32)14-39-22-3-1-21(2-4-22)33(60)44-25(36(63)64)16-41-34(61)24(13-27(52)53)43-26(51)17-47-5-7-48(18-28(54)55)9-11-50(20-30(58)59)12-10-49(8-6-47)19-29(56)57/h1-4,15,24-25,39H,5-14,16-20H2,(H,41,61)(H,43,51)(H,44,60)(H,52,53)(H,54,55)(H,56,57)(H,58,59)(H,63,64)(H3,38,40,45,46,62)/t24-,25?/m0/s1. The number of carbonyl (C=O) groups excluding carboxylic acids is 3. The summed E-state index contributed by atoms with van der Waals surface area (Å²) in [4.78, 5) is 131. The van der Waals surface area contributed by atoms with Gasteiger partial charge in [0.1, 0.15) is 12.1 Å². The average molecular weight is 900 g/mol. The van der Waals surface area contributed by atoms with E-state index in [1.807, 2.05) is 0 Å². The summed E-state index contributed by atoms with van der Waals surface area (Å²) in [6, 6.07) is 2.41. The maximum Gasteiger partial charge on any atom is 0.328 e. The van der Waals surface area contributed by atoms with E-state index in [2.05, 4.69) is 41.2 Å². The largest absolute Gasteiger partial charge is 0.481 e. The highest BCUT2D eigenvalue weighted by atomic mass is 16.4. The number of aliphatic carboxylic acids is 5. The summed E-state index contributed by atoms with van der Waals surface area (Å²) < 4.78 is 0. The summed E-state index contributed by atoms with van der Waals surface area (Å²) in [6.45, 7) is -1.33. The molecule has 1 saturated heterocycles.